The van der Waals surface area contributed by atoms with Gasteiger partial charge >= 0.3 is 11.9 Å². The summed E-state index contributed by atoms with van der Waals surface area (Å²) in [7, 11) is 0. The lowest BCUT2D eigenvalue weighted by atomic mass is 10.1. The number of fused-ring (bicyclic) bond motifs is 1. The molecule has 0 spiro atoms. The van der Waals surface area contributed by atoms with Gasteiger partial charge in [0.05, 0.1) is 17.7 Å². The van der Waals surface area contributed by atoms with Gasteiger partial charge in [0.2, 0.25) is 11.7 Å². The third-order valence-electron chi connectivity index (χ3n) is 3.95. The molecule has 0 aliphatic heterocycles. The van der Waals surface area contributed by atoms with E-state index in [9.17, 15) is 14.4 Å². The Morgan fingerprint density at radius 2 is 1.68 bits per heavy atom. The Bertz CT molecular complexity index is 1020. The molecule has 3 aromatic rings. The summed E-state index contributed by atoms with van der Waals surface area (Å²) in [6.45, 7) is 3.16. The quantitative estimate of drug-likeness (QED) is 0.650. The lowest BCUT2D eigenvalue weighted by molar-refractivity contribution is -0.114. The van der Waals surface area contributed by atoms with Gasteiger partial charge in [-0.05, 0) is 37.3 Å². The van der Waals surface area contributed by atoms with Crippen LogP contribution >= 0.6 is 0 Å². The van der Waals surface area contributed by atoms with Crippen molar-refractivity contribution < 1.29 is 28.3 Å². The summed E-state index contributed by atoms with van der Waals surface area (Å²) < 4.78 is 16.0. The van der Waals surface area contributed by atoms with Gasteiger partial charge in [-0.3, -0.25) is 4.79 Å². The molecule has 1 heterocycles. The van der Waals surface area contributed by atoms with Crippen molar-refractivity contribution in [2.45, 2.75) is 20.5 Å². The summed E-state index contributed by atoms with van der Waals surface area (Å²) in [4.78, 5) is 35.6. The predicted molar refractivity (Wildman–Crippen MR) is 102 cm³/mol. The number of benzene rings is 2. The lowest BCUT2D eigenvalue weighted by Crippen LogP contribution is -2.10. The number of carbonyl (C=O) groups is 3. The zero-order valence-corrected chi connectivity index (χ0v) is 15.5. The highest BCUT2D eigenvalue weighted by Gasteiger charge is 2.23. The number of nitrogens with one attached hydrogen (secondary N) is 1. The fourth-order valence-electron chi connectivity index (χ4n) is 2.72. The Kier molecular flexibility index (Phi) is 5.74. The van der Waals surface area contributed by atoms with Crippen LogP contribution in [0.5, 0.6) is 0 Å². The van der Waals surface area contributed by atoms with Crippen molar-refractivity contribution in [1.29, 1.82) is 0 Å². The number of para-hydroxylation sites is 1. The van der Waals surface area contributed by atoms with Crippen LogP contribution in [0.2, 0.25) is 0 Å². The number of rotatable bonds is 6. The van der Waals surface area contributed by atoms with Gasteiger partial charge in [0.25, 0.3) is 0 Å². The zero-order valence-electron chi connectivity index (χ0n) is 15.5. The van der Waals surface area contributed by atoms with Crippen molar-refractivity contribution in [3.63, 3.8) is 0 Å². The van der Waals surface area contributed by atoms with Gasteiger partial charge < -0.3 is 19.2 Å². The predicted octanol–water partition coefficient (Wildman–Crippen LogP) is 3.92. The standard InChI is InChI=1S/C21H19NO6/c1-3-26-21(25)19-17(16-6-4-5-7-18(16)28-19)12-27-20(24)14-8-10-15(11-9-14)22-13(2)23/h4-11H,3,12H2,1-2H3,(H,22,23). The SMILES string of the molecule is CCOC(=O)c1oc2ccccc2c1COC(=O)c1ccc(NC(C)=O)cc1. The van der Waals surface area contributed by atoms with Gasteiger partial charge in [0, 0.05) is 18.0 Å². The number of anilines is 1. The van der Waals surface area contributed by atoms with Crippen molar-refractivity contribution in [3.8, 4) is 0 Å². The first-order chi connectivity index (χ1) is 13.5. The van der Waals surface area contributed by atoms with Gasteiger partial charge in [-0.15, -0.1) is 0 Å². The topological polar surface area (TPSA) is 94.8 Å². The first-order valence-corrected chi connectivity index (χ1v) is 8.72. The summed E-state index contributed by atoms with van der Waals surface area (Å²) in [6.07, 6.45) is 0. The minimum absolute atomic E-state index is 0.0249. The summed E-state index contributed by atoms with van der Waals surface area (Å²) in [5.41, 5.74) is 1.86. The average Bonchev–Trinajstić information content (AvgIpc) is 3.05. The number of hydrogen-bond donors (Lipinski definition) is 1. The van der Waals surface area contributed by atoms with Crippen LogP contribution in [0.4, 0.5) is 5.69 Å². The first kappa shape index (κ1) is 19.2. The molecule has 1 aromatic heterocycles. The number of amides is 1. The van der Waals surface area contributed by atoms with Crippen LogP contribution in [0.25, 0.3) is 11.0 Å². The van der Waals surface area contributed by atoms with Gasteiger partial charge in [0.1, 0.15) is 12.2 Å². The minimum Gasteiger partial charge on any atom is -0.460 e. The molecule has 144 valence electrons. The molecule has 7 heteroatoms. The summed E-state index contributed by atoms with van der Waals surface area (Å²) in [6, 6.07) is 13.4. The van der Waals surface area contributed by atoms with Crippen molar-refractivity contribution in [2.24, 2.45) is 0 Å². The lowest BCUT2D eigenvalue weighted by Gasteiger charge is -2.07. The number of ether oxygens (including phenoxy) is 2. The molecule has 0 saturated heterocycles. The second kappa shape index (κ2) is 8.39. The number of hydrogen-bond acceptors (Lipinski definition) is 6. The molecule has 0 saturated carbocycles. The molecule has 0 bridgehead atoms. The van der Waals surface area contributed by atoms with Crippen LogP contribution in [-0.4, -0.2) is 24.5 Å². The zero-order chi connectivity index (χ0) is 20.1. The molecule has 1 amide bonds. The van der Waals surface area contributed by atoms with E-state index >= 15 is 0 Å². The fraction of sp³-hybridized carbons (Fsp3) is 0.190. The maximum absolute atomic E-state index is 12.4. The van der Waals surface area contributed by atoms with E-state index in [1.54, 1.807) is 55.5 Å². The summed E-state index contributed by atoms with van der Waals surface area (Å²) >= 11 is 0. The molecular formula is C21H19NO6. The molecular weight excluding hydrogens is 362 g/mol. The fourth-order valence-corrected chi connectivity index (χ4v) is 2.72. The highest BCUT2D eigenvalue weighted by Crippen LogP contribution is 2.27. The van der Waals surface area contributed by atoms with Crippen molar-refractivity contribution >= 4 is 34.5 Å². The Balaban J connectivity index is 1.79. The Morgan fingerprint density at radius 1 is 0.964 bits per heavy atom. The molecule has 2 aromatic carbocycles. The average molecular weight is 381 g/mol. The van der Waals surface area contributed by atoms with Crippen LogP contribution in [0.3, 0.4) is 0 Å². The number of esters is 2. The van der Waals surface area contributed by atoms with E-state index in [0.717, 1.165) is 0 Å². The van der Waals surface area contributed by atoms with Gasteiger partial charge in [-0.25, -0.2) is 9.59 Å². The van der Waals surface area contributed by atoms with Gasteiger partial charge in [0.15, 0.2) is 0 Å². The van der Waals surface area contributed by atoms with E-state index in [2.05, 4.69) is 5.32 Å². The highest BCUT2D eigenvalue weighted by atomic mass is 16.5. The molecule has 0 atom stereocenters. The number of furan rings is 1. The largest absolute Gasteiger partial charge is 0.460 e. The molecule has 0 fully saturated rings. The molecule has 28 heavy (non-hydrogen) atoms. The molecule has 1 N–H and O–H groups in total. The van der Waals surface area contributed by atoms with E-state index in [4.69, 9.17) is 13.9 Å². The molecule has 0 aliphatic carbocycles. The molecule has 0 unspecified atom stereocenters. The van der Waals surface area contributed by atoms with Crippen LogP contribution < -0.4 is 5.32 Å². The van der Waals surface area contributed by atoms with E-state index in [0.29, 0.717) is 27.8 Å². The third-order valence-corrected chi connectivity index (χ3v) is 3.95. The van der Waals surface area contributed by atoms with E-state index in [-0.39, 0.29) is 24.9 Å². The highest BCUT2D eigenvalue weighted by molar-refractivity contribution is 5.96. The van der Waals surface area contributed by atoms with Gasteiger partial charge in [-0.1, -0.05) is 18.2 Å². The van der Waals surface area contributed by atoms with Crippen molar-refractivity contribution in [2.75, 3.05) is 11.9 Å². The summed E-state index contributed by atoms with van der Waals surface area (Å²) in [5, 5.41) is 3.30. The van der Waals surface area contributed by atoms with Crippen LogP contribution in [0.1, 0.15) is 40.3 Å². The Labute approximate surface area is 161 Å². The van der Waals surface area contributed by atoms with Crippen LogP contribution in [0, 0.1) is 0 Å². The van der Waals surface area contributed by atoms with E-state index in [1.165, 1.54) is 6.92 Å². The normalized spacial score (nSPS) is 10.5. The molecule has 0 radical (unpaired) electrons. The van der Waals surface area contributed by atoms with Crippen molar-refractivity contribution in [3.05, 3.63) is 65.4 Å². The van der Waals surface area contributed by atoms with E-state index < -0.39 is 11.9 Å². The second-order valence-corrected chi connectivity index (χ2v) is 5.96. The van der Waals surface area contributed by atoms with Crippen LogP contribution in [-0.2, 0) is 20.9 Å². The second-order valence-electron chi connectivity index (χ2n) is 5.96. The summed E-state index contributed by atoms with van der Waals surface area (Å²) in [5.74, 6) is -1.34. The smallest absolute Gasteiger partial charge is 0.374 e. The Hall–Kier alpha value is -3.61. The Morgan fingerprint density at radius 3 is 2.36 bits per heavy atom. The molecule has 7 nitrogen and oxygen atoms in total. The monoisotopic (exact) mass is 381 g/mol. The van der Waals surface area contributed by atoms with Gasteiger partial charge in [-0.2, -0.15) is 0 Å². The van der Waals surface area contributed by atoms with Crippen LogP contribution in [0.15, 0.2) is 52.9 Å². The minimum atomic E-state index is -0.607. The van der Waals surface area contributed by atoms with Crippen molar-refractivity contribution in [1.82, 2.24) is 0 Å². The third kappa shape index (κ3) is 4.20. The molecule has 0 aliphatic rings. The maximum atomic E-state index is 12.4. The van der Waals surface area contributed by atoms with E-state index in [1.807, 2.05) is 0 Å². The first-order valence-electron chi connectivity index (χ1n) is 8.72. The molecule has 3 rings (SSSR count). The number of carbonyl (C=O) groups excluding carboxylic acids is 3. The maximum Gasteiger partial charge on any atom is 0.374 e.